The van der Waals surface area contributed by atoms with E-state index in [9.17, 15) is 9.18 Å². The predicted molar refractivity (Wildman–Crippen MR) is 65.9 cm³/mol. The lowest BCUT2D eigenvalue weighted by Gasteiger charge is -2.17. The molecule has 5 heteroatoms. The number of hydrogen-bond donors (Lipinski definition) is 2. The summed E-state index contributed by atoms with van der Waals surface area (Å²) in [7, 11) is 0. The maximum Gasteiger partial charge on any atom is 0.407 e. The van der Waals surface area contributed by atoms with Gasteiger partial charge >= 0.3 is 6.09 Å². The summed E-state index contributed by atoms with van der Waals surface area (Å²) in [6.45, 7) is 0.985. The predicted octanol–water partition coefficient (Wildman–Crippen LogP) is 1.47. The van der Waals surface area contributed by atoms with Gasteiger partial charge in [0, 0.05) is 19.0 Å². The van der Waals surface area contributed by atoms with Crippen LogP contribution in [0.4, 0.5) is 9.18 Å². The monoisotopic (exact) mass is 252 g/mol. The van der Waals surface area contributed by atoms with Gasteiger partial charge in [0.05, 0.1) is 12.7 Å². The molecule has 1 fully saturated rings. The Labute approximate surface area is 106 Å². The van der Waals surface area contributed by atoms with Crippen LogP contribution in [0.3, 0.4) is 0 Å². The fourth-order valence-corrected chi connectivity index (χ4v) is 1.98. The van der Waals surface area contributed by atoms with E-state index < -0.39 is 12.8 Å². The number of rotatable bonds is 4. The third kappa shape index (κ3) is 3.43. The van der Waals surface area contributed by atoms with Crippen LogP contribution in [0.15, 0.2) is 30.3 Å². The molecular weight excluding hydrogens is 235 g/mol. The van der Waals surface area contributed by atoms with Crippen molar-refractivity contribution in [1.82, 2.24) is 10.6 Å². The summed E-state index contributed by atoms with van der Waals surface area (Å²) in [5.74, 6) is -0.158. The van der Waals surface area contributed by atoms with Crippen molar-refractivity contribution in [3.63, 3.8) is 0 Å². The van der Waals surface area contributed by atoms with E-state index >= 15 is 0 Å². The van der Waals surface area contributed by atoms with Crippen molar-refractivity contribution in [2.45, 2.75) is 12.6 Å². The molecule has 1 amide bonds. The molecule has 2 N–H and O–H groups in total. The lowest BCUT2D eigenvalue weighted by atomic mass is 10.1. The van der Waals surface area contributed by atoms with E-state index in [-0.39, 0.29) is 18.6 Å². The highest BCUT2D eigenvalue weighted by Gasteiger charge is 2.28. The average Bonchev–Trinajstić information content (AvgIpc) is 2.85. The van der Waals surface area contributed by atoms with Crippen LogP contribution in [0.25, 0.3) is 0 Å². The van der Waals surface area contributed by atoms with Crippen LogP contribution in [0.1, 0.15) is 5.56 Å². The SMILES string of the molecule is O=C(N[C@@H]1CNC[C@@H]1CF)OCc1ccccc1. The number of amides is 1. The largest absolute Gasteiger partial charge is 0.445 e. The van der Waals surface area contributed by atoms with Gasteiger partial charge in [-0.25, -0.2) is 4.79 Å². The number of ether oxygens (including phenoxy) is 1. The topological polar surface area (TPSA) is 50.4 Å². The Hall–Kier alpha value is -1.62. The van der Waals surface area contributed by atoms with Gasteiger partial charge in [-0.2, -0.15) is 0 Å². The molecule has 2 rings (SSSR count). The van der Waals surface area contributed by atoms with Crippen LogP contribution in [-0.4, -0.2) is 31.9 Å². The van der Waals surface area contributed by atoms with Gasteiger partial charge in [0.15, 0.2) is 0 Å². The van der Waals surface area contributed by atoms with Crippen LogP contribution in [0.2, 0.25) is 0 Å². The zero-order chi connectivity index (χ0) is 12.8. The molecule has 0 aliphatic carbocycles. The first-order valence-corrected chi connectivity index (χ1v) is 6.03. The minimum atomic E-state index is -0.494. The standard InChI is InChI=1S/C13H17FN2O2/c14-6-11-7-15-8-12(11)16-13(17)18-9-10-4-2-1-3-5-10/h1-5,11-12,15H,6-9H2,(H,16,17)/t11-,12+/m0/s1. The van der Waals surface area contributed by atoms with Gasteiger partial charge in [0.25, 0.3) is 0 Å². The summed E-state index contributed by atoms with van der Waals surface area (Å²) in [4.78, 5) is 11.6. The van der Waals surface area contributed by atoms with Crippen molar-refractivity contribution in [1.29, 1.82) is 0 Å². The van der Waals surface area contributed by atoms with E-state index in [1.165, 1.54) is 0 Å². The fraction of sp³-hybridized carbons (Fsp3) is 0.462. The second kappa shape index (κ2) is 6.35. The molecule has 0 spiro atoms. The molecule has 1 heterocycles. The Morgan fingerprint density at radius 1 is 1.39 bits per heavy atom. The van der Waals surface area contributed by atoms with Crippen LogP contribution in [0.5, 0.6) is 0 Å². The molecular formula is C13H17FN2O2. The molecule has 1 aliphatic rings. The van der Waals surface area contributed by atoms with E-state index in [4.69, 9.17) is 4.74 Å². The Kier molecular flexibility index (Phi) is 4.52. The smallest absolute Gasteiger partial charge is 0.407 e. The van der Waals surface area contributed by atoms with Gasteiger partial charge in [-0.3, -0.25) is 4.39 Å². The highest BCUT2D eigenvalue weighted by atomic mass is 19.1. The summed E-state index contributed by atoms with van der Waals surface area (Å²) in [5, 5.41) is 5.73. The van der Waals surface area contributed by atoms with E-state index in [2.05, 4.69) is 10.6 Å². The maximum absolute atomic E-state index is 12.6. The molecule has 2 atom stereocenters. The summed E-state index contributed by atoms with van der Waals surface area (Å²) in [6.07, 6.45) is -0.494. The van der Waals surface area contributed by atoms with Crippen LogP contribution < -0.4 is 10.6 Å². The number of benzene rings is 1. The van der Waals surface area contributed by atoms with Crippen molar-refractivity contribution in [2.24, 2.45) is 5.92 Å². The first kappa shape index (κ1) is 12.8. The van der Waals surface area contributed by atoms with Crippen molar-refractivity contribution < 1.29 is 13.9 Å². The molecule has 18 heavy (non-hydrogen) atoms. The van der Waals surface area contributed by atoms with Crippen molar-refractivity contribution >= 4 is 6.09 Å². The van der Waals surface area contributed by atoms with E-state index in [1.54, 1.807) is 0 Å². The molecule has 4 nitrogen and oxygen atoms in total. The van der Waals surface area contributed by atoms with Gasteiger partial charge in [0.2, 0.25) is 0 Å². The van der Waals surface area contributed by atoms with Crippen LogP contribution in [0, 0.1) is 5.92 Å². The van der Waals surface area contributed by atoms with Crippen molar-refractivity contribution in [3.8, 4) is 0 Å². The Morgan fingerprint density at radius 2 is 2.17 bits per heavy atom. The number of hydrogen-bond acceptors (Lipinski definition) is 3. The number of nitrogens with one attached hydrogen (secondary N) is 2. The highest BCUT2D eigenvalue weighted by Crippen LogP contribution is 2.10. The molecule has 1 saturated heterocycles. The Bertz CT molecular complexity index is 386. The van der Waals surface area contributed by atoms with Crippen molar-refractivity contribution in [3.05, 3.63) is 35.9 Å². The fourth-order valence-electron chi connectivity index (χ4n) is 1.98. The van der Waals surface area contributed by atoms with Gasteiger partial charge in [0.1, 0.15) is 6.61 Å². The van der Waals surface area contributed by atoms with Crippen LogP contribution in [-0.2, 0) is 11.3 Å². The second-order valence-corrected chi connectivity index (χ2v) is 4.39. The molecule has 0 saturated carbocycles. The second-order valence-electron chi connectivity index (χ2n) is 4.39. The lowest BCUT2D eigenvalue weighted by Crippen LogP contribution is -2.41. The Morgan fingerprint density at radius 3 is 2.89 bits per heavy atom. The van der Waals surface area contributed by atoms with Crippen molar-refractivity contribution in [2.75, 3.05) is 19.8 Å². The average molecular weight is 252 g/mol. The first-order valence-electron chi connectivity index (χ1n) is 6.03. The minimum Gasteiger partial charge on any atom is -0.445 e. The number of alkyl halides is 1. The zero-order valence-electron chi connectivity index (χ0n) is 10.1. The van der Waals surface area contributed by atoms with Gasteiger partial charge < -0.3 is 15.4 Å². The van der Waals surface area contributed by atoms with E-state index in [1.807, 2.05) is 30.3 Å². The van der Waals surface area contributed by atoms with E-state index in [0.29, 0.717) is 13.1 Å². The summed E-state index contributed by atoms with van der Waals surface area (Å²) in [5.41, 5.74) is 0.930. The Balaban J connectivity index is 1.75. The molecule has 0 aromatic heterocycles. The van der Waals surface area contributed by atoms with Crippen LogP contribution >= 0.6 is 0 Å². The van der Waals surface area contributed by atoms with Gasteiger partial charge in [-0.1, -0.05) is 30.3 Å². The zero-order valence-corrected chi connectivity index (χ0v) is 10.1. The molecule has 1 aromatic carbocycles. The third-order valence-corrected chi connectivity index (χ3v) is 3.05. The normalized spacial score (nSPS) is 22.7. The molecule has 0 bridgehead atoms. The summed E-state index contributed by atoms with van der Waals surface area (Å²) in [6, 6.07) is 9.26. The summed E-state index contributed by atoms with van der Waals surface area (Å²) >= 11 is 0. The van der Waals surface area contributed by atoms with Gasteiger partial charge in [-0.15, -0.1) is 0 Å². The maximum atomic E-state index is 12.6. The van der Waals surface area contributed by atoms with Gasteiger partial charge in [-0.05, 0) is 5.56 Å². The number of halogens is 1. The quantitative estimate of drug-likeness (QED) is 0.853. The molecule has 1 aromatic rings. The number of carbonyl (C=O) groups is 1. The minimum absolute atomic E-state index is 0.158. The number of carbonyl (C=O) groups excluding carboxylic acids is 1. The van der Waals surface area contributed by atoms with E-state index in [0.717, 1.165) is 5.56 Å². The molecule has 98 valence electrons. The third-order valence-electron chi connectivity index (χ3n) is 3.05. The lowest BCUT2D eigenvalue weighted by molar-refractivity contribution is 0.133. The molecule has 0 unspecified atom stereocenters. The highest BCUT2D eigenvalue weighted by molar-refractivity contribution is 5.67. The first-order chi connectivity index (χ1) is 8.79. The molecule has 0 radical (unpaired) electrons. The summed E-state index contributed by atoms with van der Waals surface area (Å²) < 4.78 is 17.7. The number of alkyl carbamates (subject to hydrolysis) is 1. The molecule has 1 aliphatic heterocycles.